The van der Waals surface area contributed by atoms with Crippen LogP contribution in [0, 0.1) is 5.92 Å². The molecule has 0 aromatic heterocycles. The van der Waals surface area contributed by atoms with E-state index >= 15 is 0 Å². The first-order valence-corrected chi connectivity index (χ1v) is 9.63. The maximum atomic E-state index is 12.0. The van der Waals surface area contributed by atoms with Gasteiger partial charge in [0.25, 0.3) is 0 Å². The lowest BCUT2D eigenvalue weighted by Crippen LogP contribution is -2.20. The van der Waals surface area contributed by atoms with E-state index in [1.807, 2.05) is 0 Å². The highest BCUT2D eigenvalue weighted by atomic mass is 32.2. The molecular weight excluding hydrogens is 300 g/mol. The van der Waals surface area contributed by atoms with Crippen molar-refractivity contribution >= 4 is 23.5 Å². The standard InChI is InChI=1S/C17H30O4S/c1-2-7-13(18)12-22-16-11-10-15(19)14(16)8-5-3-4-6-9-17(20)21/h13-14,16,18H,2-12H2,1H3,(H,20,21). The molecule has 0 heterocycles. The number of aliphatic hydroxyl groups is 1. The minimum absolute atomic E-state index is 0.151. The van der Waals surface area contributed by atoms with Gasteiger partial charge in [0.15, 0.2) is 0 Å². The molecule has 0 aromatic carbocycles. The molecule has 0 amide bonds. The number of ketones is 1. The molecule has 2 N–H and O–H groups in total. The molecule has 0 aromatic rings. The lowest BCUT2D eigenvalue weighted by molar-refractivity contribution is -0.137. The van der Waals surface area contributed by atoms with Gasteiger partial charge < -0.3 is 10.2 Å². The number of rotatable bonds is 12. The van der Waals surface area contributed by atoms with Crippen molar-refractivity contribution in [2.24, 2.45) is 5.92 Å². The summed E-state index contributed by atoms with van der Waals surface area (Å²) in [6.45, 7) is 2.07. The van der Waals surface area contributed by atoms with E-state index in [2.05, 4.69) is 6.92 Å². The van der Waals surface area contributed by atoms with Crippen molar-refractivity contribution in [2.75, 3.05) is 5.75 Å². The lowest BCUT2D eigenvalue weighted by Gasteiger charge is -2.19. The first-order chi connectivity index (χ1) is 10.5. The number of unbranched alkanes of at least 4 members (excludes halogenated alkanes) is 3. The minimum atomic E-state index is -0.729. The summed E-state index contributed by atoms with van der Waals surface area (Å²) in [7, 11) is 0. The van der Waals surface area contributed by atoms with Crippen LogP contribution < -0.4 is 0 Å². The Morgan fingerprint density at radius 1 is 1.32 bits per heavy atom. The Morgan fingerprint density at radius 2 is 2.05 bits per heavy atom. The molecule has 4 nitrogen and oxygen atoms in total. The molecule has 128 valence electrons. The quantitative estimate of drug-likeness (QED) is 0.534. The van der Waals surface area contributed by atoms with Crippen molar-refractivity contribution in [3.8, 4) is 0 Å². The van der Waals surface area contributed by atoms with Crippen LogP contribution in [0.3, 0.4) is 0 Å². The summed E-state index contributed by atoms with van der Waals surface area (Å²) in [6.07, 6.45) is 8.06. The zero-order valence-corrected chi connectivity index (χ0v) is 14.4. The van der Waals surface area contributed by atoms with E-state index in [1.54, 1.807) is 11.8 Å². The number of Topliss-reactive ketones (excluding diaryl/α,β-unsaturated/α-hetero) is 1. The normalized spacial score (nSPS) is 22.9. The van der Waals surface area contributed by atoms with Gasteiger partial charge in [-0.1, -0.05) is 32.6 Å². The van der Waals surface area contributed by atoms with Crippen molar-refractivity contribution in [2.45, 2.75) is 82.5 Å². The molecule has 1 aliphatic carbocycles. The Morgan fingerprint density at radius 3 is 2.73 bits per heavy atom. The van der Waals surface area contributed by atoms with E-state index in [0.29, 0.717) is 17.5 Å². The molecule has 1 aliphatic rings. The van der Waals surface area contributed by atoms with Crippen molar-refractivity contribution < 1.29 is 19.8 Å². The summed E-state index contributed by atoms with van der Waals surface area (Å²) in [4.78, 5) is 22.4. The topological polar surface area (TPSA) is 74.6 Å². The summed E-state index contributed by atoms with van der Waals surface area (Å²) in [5, 5.41) is 18.8. The fourth-order valence-corrected chi connectivity index (χ4v) is 4.51. The van der Waals surface area contributed by atoms with Crippen molar-refractivity contribution in [3.05, 3.63) is 0 Å². The SMILES string of the molecule is CCCC(O)CSC1CCC(=O)C1CCCCCCC(=O)O. The second kappa shape index (κ2) is 11.1. The second-order valence-electron chi connectivity index (χ2n) is 6.27. The Labute approximate surface area is 138 Å². The maximum Gasteiger partial charge on any atom is 0.303 e. The van der Waals surface area contributed by atoms with Gasteiger partial charge in [-0.05, 0) is 25.7 Å². The van der Waals surface area contributed by atoms with Crippen LogP contribution in [0.4, 0.5) is 0 Å². The van der Waals surface area contributed by atoms with Crippen molar-refractivity contribution in [3.63, 3.8) is 0 Å². The third-order valence-electron chi connectivity index (χ3n) is 4.32. The number of carboxylic acid groups (broad SMARTS) is 1. The first kappa shape index (κ1) is 19.5. The van der Waals surface area contributed by atoms with E-state index in [0.717, 1.165) is 57.1 Å². The highest BCUT2D eigenvalue weighted by molar-refractivity contribution is 8.00. The van der Waals surface area contributed by atoms with Crippen LogP contribution >= 0.6 is 11.8 Å². The highest BCUT2D eigenvalue weighted by Crippen LogP contribution is 2.36. The minimum Gasteiger partial charge on any atom is -0.481 e. The average molecular weight is 330 g/mol. The van der Waals surface area contributed by atoms with Gasteiger partial charge in [0.05, 0.1) is 6.10 Å². The molecule has 0 aliphatic heterocycles. The van der Waals surface area contributed by atoms with Gasteiger partial charge in [0.2, 0.25) is 0 Å². The van der Waals surface area contributed by atoms with Crippen LogP contribution in [0.15, 0.2) is 0 Å². The Hall–Kier alpha value is -0.550. The smallest absolute Gasteiger partial charge is 0.303 e. The molecule has 0 spiro atoms. The highest BCUT2D eigenvalue weighted by Gasteiger charge is 2.34. The molecule has 3 atom stereocenters. The maximum absolute atomic E-state index is 12.0. The van der Waals surface area contributed by atoms with E-state index in [-0.39, 0.29) is 18.4 Å². The molecule has 0 bridgehead atoms. The van der Waals surface area contributed by atoms with E-state index in [1.165, 1.54) is 0 Å². The number of hydrogen-bond donors (Lipinski definition) is 2. The van der Waals surface area contributed by atoms with Gasteiger partial charge >= 0.3 is 5.97 Å². The molecule has 22 heavy (non-hydrogen) atoms. The number of aliphatic carboxylic acids is 1. The fraction of sp³-hybridized carbons (Fsp3) is 0.882. The summed E-state index contributed by atoms with van der Waals surface area (Å²) in [6, 6.07) is 0. The van der Waals surface area contributed by atoms with Crippen molar-refractivity contribution in [1.82, 2.24) is 0 Å². The van der Waals surface area contributed by atoms with Crippen LogP contribution in [0.5, 0.6) is 0 Å². The van der Waals surface area contributed by atoms with Crippen LogP contribution in [-0.2, 0) is 9.59 Å². The number of carboxylic acids is 1. The van der Waals surface area contributed by atoms with Gasteiger partial charge in [-0.3, -0.25) is 9.59 Å². The molecule has 0 radical (unpaired) electrons. The third-order valence-corrected chi connectivity index (χ3v) is 5.89. The number of thioether (sulfide) groups is 1. The molecule has 1 saturated carbocycles. The van der Waals surface area contributed by atoms with Crippen molar-refractivity contribution in [1.29, 1.82) is 0 Å². The summed E-state index contributed by atoms with van der Waals surface area (Å²) < 4.78 is 0. The number of carbonyl (C=O) groups is 2. The summed E-state index contributed by atoms with van der Waals surface area (Å²) >= 11 is 1.77. The third kappa shape index (κ3) is 7.63. The van der Waals surface area contributed by atoms with Gasteiger partial charge in [0.1, 0.15) is 5.78 Å². The number of carbonyl (C=O) groups excluding carboxylic acids is 1. The fourth-order valence-electron chi connectivity index (χ4n) is 3.07. The number of aliphatic hydroxyl groups excluding tert-OH is 1. The first-order valence-electron chi connectivity index (χ1n) is 8.58. The zero-order chi connectivity index (χ0) is 16.4. The molecular formula is C17H30O4S. The largest absolute Gasteiger partial charge is 0.481 e. The van der Waals surface area contributed by atoms with Crippen LogP contribution in [0.1, 0.15) is 71.1 Å². The second-order valence-corrected chi connectivity index (χ2v) is 7.54. The summed E-state index contributed by atoms with van der Waals surface area (Å²) in [5.74, 6) is 0.542. The summed E-state index contributed by atoms with van der Waals surface area (Å²) in [5.41, 5.74) is 0. The predicted molar refractivity (Wildman–Crippen MR) is 90.2 cm³/mol. The van der Waals surface area contributed by atoms with Gasteiger partial charge in [0, 0.05) is 29.8 Å². The van der Waals surface area contributed by atoms with E-state index in [4.69, 9.17) is 5.11 Å². The van der Waals surface area contributed by atoms with E-state index in [9.17, 15) is 14.7 Å². The molecule has 1 rings (SSSR count). The Balaban J connectivity index is 2.21. The van der Waals surface area contributed by atoms with Gasteiger partial charge in [-0.2, -0.15) is 11.8 Å². The van der Waals surface area contributed by atoms with Crippen LogP contribution in [-0.4, -0.2) is 39.1 Å². The van der Waals surface area contributed by atoms with Crippen LogP contribution in [0.25, 0.3) is 0 Å². The molecule has 3 unspecified atom stereocenters. The van der Waals surface area contributed by atoms with Gasteiger partial charge in [-0.15, -0.1) is 0 Å². The van der Waals surface area contributed by atoms with E-state index < -0.39 is 5.97 Å². The Bertz CT molecular complexity index is 346. The Kier molecular flexibility index (Phi) is 9.80. The number of hydrogen-bond acceptors (Lipinski definition) is 4. The molecule has 1 fully saturated rings. The average Bonchev–Trinajstić information content (AvgIpc) is 2.81. The predicted octanol–water partition coefficient (Wildman–Crippen LogP) is 3.65. The van der Waals surface area contributed by atoms with Crippen LogP contribution in [0.2, 0.25) is 0 Å². The molecule has 5 heteroatoms. The van der Waals surface area contributed by atoms with Gasteiger partial charge in [-0.25, -0.2) is 0 Å². The lowest BCUT2D eigenvalue weighted by atomic mass is 9.98. The zero-order valence-electron chi connectivity index (χ0n) is 13.6. The molecule has 0 saturated heterocycles. The monoisotopic (exact) mass is 330 g/mol.